The van der Waals surface area contributed by atoms with E-state index in [-0.39, 0.29) is 11.5 Å². The highest BCUT2D eigenvalue weighted by molar-refractivity contribution is 6.06. The SMILES string of the molecule is COc1ccc2[nH]cc(C3CCN(C(=O)c4cc(=O)n(C)c5ccccc45)CC3)c2c1. The molecule has 2 aromatic carbocycles. The number of hydrogen-bond donors (Lipinski definition) is 1. The van der Waals surface area contributed by atoms with Crippen LogP contribution in [0.25, 0.3) is 21.8 Å². The molecule has 0 atom stereocenters. The highest BCUT2D eigenvalue weighted by Crippen LogP contribution is 2.35. The number of carbonyl (C=O) groups excluding carboxylic acids is 1. The van der Waals surface area contributed by atoms with Gasteiger partial charge in [-0.15, -0.1) is 0 Å². The van der Waals surface area contributed by atoms with Gasteiger partial charge in [0.15, 0.2) is 0 Å². The van der Waals surface area contributed by atoms with Gasteiger partial charge in [0.2, 0.25) is 0 Å². The molecule has 0 radical (unpaired) electrons. The Kier molecular flexibility index (Phi) is 4.77. The number of likely N-dealkylation sites (tertiary alicyclic amines) is 1. The second kappa shape index (κ2) is 7.61. The van der Waals surface area contributed by atoms with E-state index < -0.39 is 0 Å². The van der Waals surface area contributed by atoms with Crippen molar-refractivity contribution in [2.75, 3.05) is 20.2 Å². The minimum Gasteiger partial charge on any atom is -0.497 e. The summed E-state index contributed by atoms with van der Waals surface area (Å²) in [5.41, 5.74) is 3.49. The van der Waals surface area contributed by atoms with E-state index in [4.69, 9.17) is 4.74 Å². The zero-order chi connectivity index (χ0) is 21.5. The number of aryl methyl sites for hydroxylation is 1. The molecule has 0 aliphatic carbocycles. The van der Waals surface area contributed by atoms with Gasteiger partial charge >= 0.3 is 0 Å². The summed E-state index contributed by atoms with van der Waals surface area (Å²) >= 11 is 0. The number of aromatic nitrogens is 2. The van der Waals surface area contributed by atoms with Crippen molar-refractivity contribution in [2.45, 2.75) is 18.8 Å². The van der Waals surface area contributed by atoms with Crippen molar-refractivity contribution in [3.05, 3.63) is 76.2 Å². The third-order valence-electron chi connectivity index (χ3n) is 6.53. The number of H-pyrrole nitrogens is 1. The van der Waals surface area contributed by atoms with Crippen molar-refractivity contribution in [2.24, 2.45) is 7.05 Å². The predicted molar refractivity (Wildman–Crippen MR) is 122 cm³/mol. The maximum absolute atomic E-state index is 13.3. The average molecular weight is 415 g/mol. The van der Waals surface area contributed by atoms with E-state index in [1.807, 2.05) is 41.3 Å². The van der Waals surface area contributed by atoms with Gasteiger partial charge in [-0.2, -0.15) is 0 Å². The highest BCUT2D eigenvalue weighted by Gasteiger charge is 2.27. The summed E-state index contributed by atoms with van der Waals surface area (Å²) in [4.78, 5) is 31.0. The summed E-state index contributed by atoms with van der Waals surface area (Å²) in [6.45, 7) is 1.34. The molecule has 158 valence electrons. The number of methoxy groups -OCH3 is 1. The van der Waals surface area contributed by atoms with Crippen LogP contribution in [0.4, 0.5) is 0 Å². The van der Waals surface area contributed by atoms with E-state index in [1.54, 1.807) is 18.7 Å². The van der Waals surface area contributed by atoms with Gasteiger partial charge in [-0.1, -0.05) is 18.2 Å². The molecule has 0 bridgehead atoms. The van der Waals surface area contributed by atoms with Crippen LogP contribution in [-0.2, 0) is 7.05 Å². The van der Waals surface area contributed by atoms with E-state index >= 15 is 0 Å². The number of rotatable bonds is 3. The van der Waals surface area contributed by atoms with Crippen LogP contribution in [-0.4, -0.2) is 40.6 Å². The van der Waals surface area contributed by atoms with E-state index in [1.165, 1.54) is 17.0 Å². The zero-order valence-electron chi connectivity index (χ0n) is 17.7. The summed E-state index contributed by atoms with van der Waals surface area (Å²) in [7, 11) is 3.42. The lowest BCUT2D eigenvalue weighted by Crippen LogP contribution is -2.38. The van der Waals surface area contributed by atoms with Gasteiger partial charge in [-0.3, -0.25) is 9.59 Å². The number of amides is 1. The molecule has 6 heteroatoms. The first-order chi connectivity index (χ1) is 15.1. The molecule has 1 N–H and O–H groups in total. The highest BCUT2D eigenvalue weighted by atomic mass is 16.5. The molecule has 0 saturated carbocycles. The van der Waals surface area contributed by atoms with Crippen LogP contribution < -0.4 is 10.3 Å². The molecule has 3 heterocycles. The van der Waals surface area contributed by atoms with Crippen molar-refractivity contribution in [1.82, 2.24) is 14.5 Å². The van der Waals surface area contributed by atoms with Gasteiger partial charge in [-0.05, 0) is 48.6 Å². The molecule has 0 unspecified atom stereocenters. The number of ether oxygens (including phenoxy) is 1. The number of fused-ring (bicyclic) bond motifs is 2. The van der Waals surface area contributed by atoms with Crippen molar-refractivity contribution in [3.8, 4) is 5.75 Å². The van der Waals surface area contributed by atoms with Crippen molar-refractivity contribution >= 4 is 27.7 Å². The molecule has 31 heavy (non-hydrogen) atoms. The fourth-order valence-electron chi connectivity index (χ4n) is 4.74. The molecule has 1 saturated heterocycles. The van der Waals surface area contributed by atoms with E-state index in [0.717, 1.165) is 35.0 Å². The Morgan fingerprint density at radius 2 is 1.84 bits per heavy atom. The summed E-state index contributed by atoms with van der Waals surface area (Å²) in [5.74, 6) is 1.16. The quantitative estimate of drug-likeness (QED) is 0.549. The number of hydrogen-bond acceptors (Lipinski definition) is 3. The number of aromatic amines is 1. The lowest BCUT2D eigenvalue weighted by atomic mass is 9.89. The molecule has 2 aromatic heterocycles. The first-order valence-electron chi connectivity index (χ1n) is 10.6. The predicted octanol–water partition coefficient (Wildman–Crippen LogP) is 4.05. The Morgan fingerprint density at radius 3 is 2.61 bits per heavy atom. The maximum Gasteiger partial charge on any atom is 0.254 e. The van der Waals surface area contributed by atoms with Gasteiger partial charge in [0, 0.05) is 48.7 Å². The number of pyridine rings is 1. The minimum atomic E-state index is -0.162. The normalized spacial score (nSPS) is 15.0. The second-order valence-corrected chi connectivity index (χ2v) is 8.19. The van der Waals surface area contributed by atoms with Gasteiger partial charge < -0.3 is 19.2 Å². The monoisotopic (exact) mass is 415 g/mol. The summed E-state index contributed by atoms with van der Waals surface area (Å²) in [6.07, 6.45) is 3.86. The summed E-state index contributed by atoms with van der Waals surface area (Å²) in [5, 5.41) is 2.00. The number of para-hydroxylation sites is 1. The molecule has 1 aliphatic heterocycles. The van der Waals surface area contributed by atoms with Crippen LogP contribution in [0.15, 0.2) is 59.5 Å². The lowest BCUT2D eigenvalue weighted by Gasteiger charge is -2.32. The lowest BCUT2D eigenvalue weighted by molar-refractivity contribution is 0.0715. The van der Waals surface area contributed by atoms with Gasteiger partial charge in [0.25, 0.3) is 11.5 Å². The maximum atomic E-state index is 13.3. The van der Waals surface area contributed by atoms with Gasteiger partial charge in [0.1, 0.15) is 5.75 Å². The van der Waals surface area contributed by atoms with Crippen molar-refractivity contribution in [3.63, 3.8) is 0 Å². The third kappa shape index (κ3) is 3.28. The first kappa shape index (κ1) is 19.4. The van der Waals surface area contributed by atoms with Crippen molar-refractivity contribution < 1.29 is 9.53 Å². The third-order valence-corrected chi connectivity index (χ3v) is 6.53. The molecule has 1 amide bonds. The summed E-state index contributed by atoms with van der Waals surface area (Å²) < 4.78 is 6.98. The fraction of sp³-hybridized carbons (Fsp3) is 0.280. The fourth-order valence-corrected chi connectivity index (χ4v) is 4.74. The van der Waals surface area contributed by atoms with E-state index in [0.29, 0.717) is 24.6 Å². The van der Waals surface area contributed by atoms with Crippen LogP contribution in [0, 0.1) is 0 Å². The van der Waals surface area contributed by atoms with Crippen LogP contribution in [0.3, 0.4) is 0 Å². The largest absolute Gasteiger partial charge is 0.497 e. The molecule has 6 nitrogen and oxygen atoms in total. The minimum absolute atomic E-state index is 0.0621. The number of nitrogens with zero attached hydrogens (tertiary/aromatic N) is 2. The molecular weight excluding hydrogens is 390 g/mol. The van der Waals surface area contributed by atoms with Gasteiger partial charge in [0.05, 0.1) is 18.2 Å². The molecule has 4 aromatic rings. The number of benzene rings is 2. The van der Waals surface area contributed by atoms with Crippen LogP contribution >= 0.6 is 0 Å². The number of carbonyl (C=O) groups is 1. The Bertz CT molecular complexity index is 1340. The van der Waals surface area contributed by atoms with E-state index in [2.05, 4.69) is 17.2 Å². The molecule has 5 rings (SSSR count). The molecule has 0 spiro atoms. The van der Waals surface area contributed by atoms with Crippen LogP contribution in [0.5, 0.6) is 5.75 Å². The molecule has 1 fully saturated rings. The Hall–Kier alpha value is -3.54. The van der Waals surface area contributed by atoms with Crippen molar-refractivity contribution in [1.29, 1.82) is 0 Å². The smallest absolute Gasteiger partial charge is 0.254 e. The zero-order valence-corrected chi connectivity index (χ0v) is 17.7. The molecular formula is C25H25N3O3. The van der Waals surface area contributed by atoms with Crippen LogP contribution in [0.2, 0.25) is 0 Å². The van der Waals surface area contributed by atoms with Gasteiger partial charge in [-0.25, -0.2) is 0 Å². The standard InChI is InChI=1S/C25H25N3O3/c1-27-23-6-4-3-5-18(23)20(14-24(27)29)25(30)28-11-9-16(10-12-28)21-15-26-22-8-7-17(31-2)13-19(21)22/h3-8,13-16,26H,9-12H2,1-2H3. The first-order valence-corrected chi connectivity index (χ1v) is 10.6. The average Bonchev–Trinajstić information content (AvgIpc) is 3.24. The molecule has 1 aliphatic rings. The number of piperidine rings is 1. The second-order valence-electron chi connectivity index (χ2n) is 8.19. The number of nitrogens with one attached hydrogen (secondary N) is 1. The Labute approximate surface area is 180 Å². The Morgan fingerprint density at radius 1 is 1.06 bits per heavy atom. The summed E-state index contributed by atoms with van der Waals surface area (Å²) in [6, 6.07) is 15.1. The van der Waals surface area contributed by atoms with Crippen LogP contribution in [0.1, 0.15) is 34.7 Å². The topological polar surface area (TPSA) is 67.3 Å². The Balaban J connectivity index is 1.39. The van der Waals surface area contributed by atoms with E-state index in [9.17, 15) is 9.59 Å².